The van der Waals surface area contributed by atoms with E-state index in [1.807, 2.05) is 26.0 Å². The van der Waals surface area contributed by atoms with Crippen LogP contribution in [0.5, 0.6) is 5.75 Å². The predicted molar refractivity (Wildman–Crippen MR) is 132 cm³/mol. The zero-order valence-corrected chi connectivity index (χ0v) is 19.9. The molecule has 0 aliphatic rings. The molecule has 0 unspecified atom stereocenters. The van der Waals surface area contributed by atoms with Crippen LogP contribution in [0, 0.1) is 25.5 Å². The van der Waals surface area contributed by atoms with E-state index in [-0.39, 0.29) is 17.9 Å². The van der Waals surface area contributed by atoms with Crippen LogP contribution in [0.1, 0.15) is 28.8 Å². The Kier molecular flexibility index (Phi) is 7.25. The van der Waals surface area contributed by atoms with Crippen LogP contribution in [-0.2, 0) is 17.8 Å². The molecular formula is C28H27F2N3O2. The Morgan fingerprint density at radius 3 is 2.54 bits per heavy atom. The predicted octanol–water partition coefficient (Wildman–Crippen LogP) is 5.69. The average molecular weight is 476 g/mol. The maximum atomic E-state index is 14.6. The van der Waals surface area contributed by atoms with E-state index >= 15 is 0 Å². The molecule has 5 nitrogen and oxygen atoms in total. The van der Waals surface area contributed by atoms with E-state index in [4.69, 9.17) is 4.74 Å². The number of aromatic nitrogens is 2. The number of ether oxygens (including phenoxy) is 1. The molecule has 1 aromatic heterocycles. The molecule has 0 radical (unpaired) electrons. The summed E-state index contributed by atoms with van der Waals surface area (Å²) in [5.74, 6) is -1.32. The third kappa shape index (κ3) is 5.57. The van der Waals surface area contributed by atoms with Gasteiger partial charge in [-0.25, -0.2) is 13.5 Å². The van der Waals surface area contributed by atoms with Gasteiger partial charge in [-0.1, -0.05) is 29.8 Å². The molecule has 7 heteroatoms. The van der Waals surface area contributed by atoms with Gasteiger partial charge in [-0.05, 0) is 67.4 Å². The summed E-state index contributed by atoms with van der Waals surface area (Å²) in [4.78, 5) is 12.5. The first kappa shape index (κ1) is 24.1. The molecule has 1 N–H and O–H groups in total. The highest BCUT2D eigenvalue weighted by atomic mass is 19.2. The molecule has 4 aromatic rings. The van der Waals surface area contributed by atoms with E-state index in [2.05, 4.69) is 16.5 Å². The lowest BCUT2D eigenvalue weighted by Gasteiger charge is -2.09. The highest BCUT2D eigenvalue weighted by Gasteiger charge is 2.18. The highest BCUT2D eigenvalue weighted by molar-refractivity contribution is 5.76. The standard InChI is InChI=1S/C28H27F2N3O2/c1-18-7-8-19(2)20(15-18)17-31-27(34)14-9-21-16-26(24-5-4-6-25(29)28(24)30)33(32-21)22-10-12-23(35-3)13-11-22/h4-8,10-13,15-16H,9,14,17H2,1-3H3,(H,31,34). The molecule has 0 fully saturated rings. The molecule has 35 heavy (non-hydrogen) atoms. The monoisotopic (exact) mass is 475 g/mol. The number of hydrogen-bond acceptors (Lipinski definition) is 3. The Labute approximate surface area is 203 Å². The van der Waals surface area contributed by atoms with Gasteiger partial charge in [0.1, 0.15) is 5.75 Å². The van der Waals surface area contributed by atoms with E-state index in [0.717, 1.165) is 22.8 Å². The zero-order valence-electron chi connectivity index (χ0n) is 19.9. The fraction of sp³-hybridized carbons (Fsp3) is 0.214. The summed E-state index contributed by atoms with van der Waals surface area (Å²) < 4.78 is 35.4. The summed E-state index contributed by atoms with van der Waals surface area (Å²) in [6, 6.07) is 19.0. The summed E-state index contributed by atoms with van der Waals surface area (Å²) in [5.41, 5.74) is 5.09. The van der Waals surface area contributed by atoms with Crippen LogP contribution in [0.2, 0.25) is 0 Å². The van der Waals surface area contributed by atoms with Crippen molar-refractivity contribution in [1.29, 1.82) is 0 Å². The van der Waals surface area contributed by atoms with E-state index in [1.54, 1.807) is 42.1 Å². The average Bonchev–Trinajstić information content (AvgIpc) is 3.29. The minimum Gasteiger partial charge on any atom is -0.497 e. The van der Waals surface area contributed by atoms with Gasteiger partial charge in [0.2, 0.25) is 5.91 Å². The largest absolute Gasteiger partial charge is 0.497 e. The number of aryl methyl sites for hydroxylation is 3. The molecule has 0 saturated carbocycles. The first-order valence-corrected chi connectivity index (χ1v) is 11.4. The van der Waals surface area contributed by atoms with Crippen molar-refractivity contribution in [3.8, 4) is 22.7 Å². The second kappa shape index (κ2) is 10.5. The molecule has 1 amide bonds. The lowest BCUT2D eigenvalue weighted by Crippen LogP contribution is -2.23. The fourth-order valence-electron chi connectivity index (χ4n) is 3.88. The second-order valence-corrected chi connectivity index (χ2v) is 8.44. The SMILES string of the molecule is COc1ccc(-n2nc(CCC(=O)NCc3cc(C)ccc3C)cc2-c2cccc(F)c2F)cc1. The van der Waals surface area contributed by atoms with Crippen LogP contribution in [0.15, 0.2) is 66.7 Å². The quantitative estimate of drug-likeness (QED) is 0.356. The molecule has 0 aliphatic carbocycles. The molecule has 0 spiro atoms. The Morgan fingerprint density at radius 2 is 1.80 bits per heavy atom. The molecule has 0 aliphatic heterocycles. The fourth-order valence-corrected chi connectivity index (χ4v) is 3.88. The highest BCUT2D eigenvalue weighted by Crippen LogP contribution is 2.29. The third-order valence-electron chi connectivity index (χ3n) is 5.89. The Balaban J connectivity index is 1.55. The van der Waals surface area contributed by atoms with Crippen molar-refractivity contribution in [2.24, 2.45) is 0 Å². The normalized spacial score (nSPS) is 10.9. The van der Waals surface area contributed by atoms with Gasteiger partial charge in [0.25, 0.3) is 0 Å². The maximum absolute atomic E-state index is 14.6. The number of nitrogens with one attached hydrogen (secondary N) is 1. The van der Waals surface area contributed by atoms with Crippen molar-refractivity contribution in [1.82, 2.24) is 15.1 Å². The molecule has 4 rings (SSSR count). The van der Waals surface area contributed by atoms with Gasteiger partial charge < -0.3 is 10.1 Å². The Hall–Kier alpha value is -4.00. The molecular weight excluding hydrogens is 448 g/mol. The lowest BCUT2D eigenvalue weighted by atomic mass is 10.1. The minimum atomic E-state index is -0.944. The summed E-state index contributed by atoms with van der Waals surface area (Å²) in [5, 5.41) is 7.56. The Bertz CT molecular complexity index is 1350. The number of nitrogens with zero attached hydrogens (tertiary/aromatic N) is 2. The minimum absolute atomic E-state index is 0.0962. The molecule has 3 aromatic carbocycles. The first-order chi connectivity index (χ1) is 16.9. The van der Waals surface area contributed by atoms with E-state index < -0.39 is 11.6 Å². The van der Waals surface area contributed by atoms with Crippen LogP contribution >= 0.6 is 0 Å². The number of methoxy groups -OCH3 is 1. The summed E-state index contributed by atoms with van der Waals surface area (Å²) >= 11 is 0. The van der Waals surface area contributed by atoms with Gasteiger partial charge in [0.15, 0.2) is 11.6 Å². The molecule has 0 bridgehead atoms. The van der Waals surface area contributed by atoms with Gasteiger partial charge in [-0.15, -0.1) is 0 Å². The van der Waals surface area contributed by atoms with Crippen molar-refractivity contribution >= 4 is 5.91 Å². The van der Waals surface area contributed by atoms with Crippen molar-refractivity contribution in [3.63, 3.8) is 0 Å². The Morgan fingerprint density at radius 1 is 1.03 bits per heavy atom. The van der Waals surface area contributed by atoms with Crippen LogP contribution in [-0.4, -0.2) is 22.8 Å². The van der Waals surface area contributed by atoms with Crippen LogP contribution in [0.25, 0.3) is 16.9 Å². The van der Waals surface area contributed by atoms with Crippen molar-refractivity contribution < 1.29 is 18.3 Å². The topological polar surface area (TPSA) is 56.2 Å². The van der Waals surface area contributed by atoms with Crippen LogP contribution in [0.3, 0.4) is 0 Å². The number of hydrogen-bond donors (Lipinski definition) is 1. The number of halogens is 2. The summed E-state index contributed by atoms with van der Waals surface area (Å²) in [6.07, 6.45) is 0.571. The van der Waals surface area contributed by atoms with Gasteiger partial charge in [-0.2, -0.15) is 5.10 Å². The number of benzene rings is 3. The smallest absolute Gasteiger partial charge is 0.220 e. The number of amides is 1. The molecule has 0 saturated heterocycles. The number of rotatable bonds is 8. The van der Waals surface area contributed by atoms with Gasteiger partial charge in [-0.3, -0.25) is 4.79 Å². The zero-order chi connectivity index (χ0) is 24.9. The van der Waals surface area contributed by atoms with Crippen molar-refractivity contribution in [3.05, 3.63) is 101 Å². The maximum Gasteiger partial charge on any atom is 0.220 e. The van der Waals surface area contributed by atoms with Crippen LogP contribution in [0.4, 0.5) is 8.78 Å². The molecule has 0 atom stereocenters. The second-order valence-electron chi connectivity index (χ2n) is 8.44. The lowest BCUT2D eigenvalue weighted by molar-refractivity contribution is -0.121. The van der Waals surface area contributed by atoms with Crippen LogP contribution < -0.4 is 10.1 Å². The van der Waals surface area contributed by atoms with Crippen molar-refractivity contribution in [2.45, 2.75) is 33.2 Å². The third-order valence-corrected chi connectivity index (χ3v) is 5.89. The molecule has 1 heterocycles. The molecule has 180 valence electrons. The number of carbonyl (C=O) groups is 1. The van der Waals surface area contributed by atoms with Crippen molar-refractivity contribution in [2.75, 3.05) is 7.11 Å². The van der Waals surface area contributed by atoms with E-state index in [1.165, 1.54) is 12.1 Å². The van der Waals surface area contributed by atoms with Gasteiger partial charge in [0.05, 0.1) is 24.2 Å². The summed E-state index contributed by atoms with van der Waals surface area (Å²) in [6.45, 7) is 4.48. The number of carbonyl (C=O) groups excluding carboxylic acids is 1. The van der Waals surface area contributed by atoms with Gasteiger partial charge >= 0.3 is 0 Å². The van der Waals surface area contributed by atoms with Gasteiger partial charge in [0, 0.05) is 24.9 Å². The van der Waals surface area contributed by atoms with E-state index in [0.29, 0.717) is 35.8 Å². The summed E-state index contributed by atoms with van der Waals surface area (Å²) in [7, 11) is 1.57. The van der Waals surface area contributed by atoms with E-state index in [9.17, 15) is 13.6 Å². The first-order valence-electron chi connectivity index (χ1n) is 11.4.